The molecule has 6 nitrogen and oxygen atoms in total. The van der Waals surface area contributed by atoms with E-state index in [1.165, 1.54) is 5.56 Å². The summed E-state index contributed by atoms with van der Waals surface area (Å²) < 4.78 is 1.91. The topological polar surface area (TPSA) is 72.7 Å². The van der Waals surface area contributed by atoms with Crippen LogP contribution in [0.1, 0.15) is 34.1 Å². The van der Waals surface area contributed by atoms with Crippen LogP contribution in [-0.2, 0) is 13.0 Å². The second-order valence-corrected chi connectivity index (χ2v) is 8.19. The van der Waals surface area contributed by atoms with Gasteiger partial charge in [-0.3, -0.25) is 9.78 Å². The molecular weight excluding hydrogens is 422 g/mol. The lowest BCUT2D eigenvalue weighted by Gasteiger charge is -2.11. The van der Waals surface area contributed by atoms with Crippen molar-refractivity contribution in [1.29, 1.82) is 0 Å². The fourth-order valence-corrected chi connectivity index (χ4v) is 4.08. The molecule has 0 fully saturated rings. The van der Waals surface area contributed by atoms with E-state index >= 15 is 0 Å². The third kappa shape index (κ3) is 4.18. The average molecular weight is 448 g/mol. The van der Waals surface area contributed by atoms with E-state index in [-0.39, 0.29) is 5.91 Å². The number of pyridine rings is 2. The van der Waals surface area contributed by atoms with Crippen molar-refractivity contribution in [3.05, 3.63) is 108 Å². The Morgan fingerprint density at radius 1 is 0.971 bits per heavy atom. The van der Waals surface area contributed by atoms with Gasteiger partial charge in [0.2, 0.25) is 0 Å². The summed E-state index contributed by atoms with van der Waals surface area (Å²) in [5.74, 6) is -0.149. The number of rotatable bonds is 6. The zero-order chi connectivity index (χ0) is 23.5. The molecule has 0 radical (unpaired) electrons. The summed E-state index contributed by atoms with van der Waals surface area (Å²) in [5.41, 5.74) is 7.16. The van der Waals surface area contributed by atoms with Gasteiger partial charge < -0.3 is 5.32 Å². The Bertz CT molecular complexity index is 1460. The molecule has 0 spiro atoms. The van der Waals surface area contributed by atoms with E-state index in [0.717, 1.165) is 45.5 Å². The highest BCUT2D eigenvalue weighted by molar-refractivity contribution is 6.07. The number of hydrogen-bond donors (Lipinski definition) is 1. The fraction of sp³-hybridized carbons (Fsp3) is 0.143. The number of nitrogens with zero attached hydrogens (tertiary/aromatic N) is 4. The Kier molecular flexibility index (Phi) is 5.87. The molecule has 168 valence electrons. The first-order chi connectivity index (χ1) is 16.6. The summed E-state index contributed by atoms with van der Waals surface area (Å²) in [6.07, 6.45) is 6.28. The van der Waals surface area contributed by atoms with E-state index in [2.05, 4.69) is 46.6 Å². The van der Waals surface area contributed by atoms with Crippen molar-refractivity contribution in [2.75, 3.05) is 0 Å². The summed E-state index contributed by atoms with van der Waals surface area (Å²) in [7, 11) is 0. The lowest BCUT2D eigenvalue weighted by Crippen LogP contribution is -2.23. The Hall–Kier alpha value is -4.32. The maximum Gasteiger partial charge on any atom is 0.252 e. The zero-order valence-electron chi connectivity index (χ0n) is 19.2. The van der Waals surface area contributed by atoms with Crippen LogP contribution in [0.15, 0.2) is 85.3 Å². The first kappa shape index (κ1) is 21.5. The summed E-state index contributed by atoms with van der Waals surface area (Å²) in [4.78, 5) is 22.2. The van der Waals surface area contributed by atoms with E-state index in [1.54, 1.807) is 12.4 Å². The van der Waals surface area contributed by atoms with E-state index in [4.69, 9.17) is 4.98 Å². The van der Waals surface area contributed by atoms with Gasteiger partial charge in [0.15, 0.2) is 0 Å². The highest BCUT2D eigenvalue weighted by Gasteiger charge is 2.17. The Morgan fingerprint density at radius 2 is 1.79 bits per heavy atom. The van der Waals surface area contributed by atoms with Gasteiger partial charge in [-0.15, -0.1) is 0 Å². The van der Waals surface area contributed by atoms with Gasteiger partial charge in [0.25, 0.3) is 5.91 Å². The smallest absolute Gasteiger partial charge is 0.252 e. The SMILES string of the molecule is CCc1ccc(-n2ncc(-c3cc(C(=O)NCc4cccnc4)c4ccccc4n3)c2C)cc1. The lowest BCUT2D eigenvalue weighted by atomic mass is 10.0. The lowest BCUT2D eigenvalue weighted by molar-refractivity contribution is 0.0952. The number of amides is 1. The van der Waals surface area contributed by atoms with E-state index < -0.39 is 0 Å². The van der Waals surface area contributed by atoms with Gasteiger partial charge >= 0.3 is 0 Å². The van der Waals surface area contributed by atoms with Crippen molar-refractivity contribution in [3.63, 3.8) is 0 Å². The van der Waals surface area contributed by atoms with Crippen LogP contribution in [0.5, 0.6) is 0 Å². The van der Waals surface area contributed by atoms with Crippen molar-refractivity contribution in [2.24, 2.45) is 0 Å². The second kappa shape index (κ2) is 9.27. The standard InChI is InChI=1S/C28H25N5O/c1-3-20-10-12-22(13-11-20)33-19(2)25(18-31-33)27-15-24(23-8-4-5-9-26(23)32-27)28(34)30-17-21-7-6-14-29-16-21/h4-16,18H,3,17H2,1-2H3,(H,30,34). The molecule has 0 saturated heterocycles. The first-order valence-corrected chi connectivity index (χ1v) is 11.3. The van der Waals surface area contributed by atoms with Crippen LogP contribution in [0.3, 0.4) is 0 Å². The molecule has 6 heteroatoms. The molecule has 0 bridgehead atoms. The Morgan fingerprint density at radius 3 is 2.56 bits per heavy atom. The van der Waals surface area contributed by atoms with Crippen LogP contribution in [-0.4, -0.2) is 25.7 Å². The molecule has 1 N–H and O–H groups in total. The normalized spacial score (nSPS) is 11.0. The maximum atomic E-state index is 13.2. The van der Waals surface area contributed by atoms with E-state index in [1.807, 2.05) is 60.3 Å². The van der Waals surface area contributed by atoms with E-state index in [0.29, 0.717) is 12.1 Å². The van der Waals surface area contributed by atoms with Gasteiger partial charge in [-0.25, -0.2) is 9.67 Å². The number of benzene rings is 2. The number of aromatic nitrogens is 4. The van der Waals surface area contributed by atoms with Crippen LogP contribution < -0.4 is 5.32 Å². The quantitative estimate of drug-likeness (QED) is 0.384. The highest BCUT2D eigenvalue weighted by Crippen LogP contribution is 2.28. The number of para-hydroxylation sites is 1. The van der Waals surface area contributed by atoms with Crippen molar-refractivity contribution < 1.29 is 4.79 Å². The minimum atomic E-state index is -0.149. The highest BCUT2D eigenvalue weighted by atomic mass is 16.1. The molecule has 1 amide bonds. The van der Waals surface area contributed by atoms with Crippen molar-refractivity contribution >= 4 is 16.8 Å². The van der Waals surface area contributed by atoms with Gasteiger partial charge in [0.05, 0.1) is 34.4 Å². The van der Waals surface area contributed by atoms with Crippen molar-refractivity contribution in [1.82, 2.24) is 25.1 Å². The summed E-state index contributed by atoms with van der Waals surface area (Å²) in [6, 6.07) is 21.8. The number of hydrogen-bond acceptors (Lipinski definition) is 4. The Labute approximate surface area is 198 Å². The number of fused-ring (bicyclic) bond motifs is 1. The van der Waals surface area contributed by atoms with Crippen molar-refractivity contribution in [3.8, 4) is 16.9 Å². The minimum absolute atomic E-state index is 0.149. The molecule has 3 heterocycles. The zero-order valence-corrected chi connectivity index (χ0v) is 19.2. The Balaban J connectivity index is 1.52. The summed E-state index contributed by atoms with van der Waals surface area (Å²) >= 11 is 0. The summed E-state index contributed by atoms with van der Waals surface area (Å²) in [5, 5.41) is 8.45. The molecule has 2 aromatic carbocycles. The van der Waals surface area contributed by atoms with Gasteiger partial charge in [-0.2, -0.15) is 5.10 Å². The van der Waals surface area contributed by atoms with Crippen LogP contribution in [0.4, 0.5) is 0 Å². The number of nitrogens with one attached hydrogen (secondary N) is 1. The monoisotopic (exact) mass is 447 g/mol. The molecule has 0 unspecified atom stereocenters. The average Bonchev–Trinajstić information content (AvgIpc) is 3.28. The first-order valence-electron chi connectivity index (χ1n) is 11.3. The van der Waals surface area contributed by atoms with Crippen LogP contribution in [0.25, 0.3) is 27.8 Å². The predicted octanol–water partition coefficient (Wildman–Crippen LogP) is 5.28. The number of carbonyl (C=O) groups is 1. The molecule has 5 rings (SSSR count). The molecule has 0 aliphatic rings. The predicted molar refractivity (Wildman–Crippen MR) is 134 cm³/mol. The molecule has 5 aromatic rings. The van der Waals surface area contributed by atoms with Crippen LogP contribution >= 0.6 is 0 Å². The second-order valence-electron chi connectivity index (χ2n) is 8.19. The molecule has 34 heavy (non-hydrogen) atoms. The summed E-state index contributed by atoms with van der Waals surface area (Å²) in [6.45, 7) is 4.57. The van der Waals surface area contributed by atoms with Gasteiger partial charge in [0, 0.05) is 29.9 Å². The fourth-order valence-electron chi connectivity index (χ4n) is 4.08. The van der Waals surface area contributed by atoms with Crippen LogP contribution in [0, 0.1) is 6.92 Å². The molecule has 3 aromatic heterocycles. The maximum absolute atomic E-state index is 13.2. The largest absolute Gasteiger partial charge is 0.348 e. The van der Waals surface area contributed by atoms with Crippen molar-refractivity contribution in [2.45, 2.75) is 26.8 Å². The van der Waals surface area contributed by atoms with Crippen LogP contribution in [0.2, 0.25) is 0 Å². The molecular formula is C28H25N5O. The number of aryl methyl sites for hydroxylation is 1. The third-order valence-corrected chi connectivity index (χ3v) is 6.01. The van der Waals surface area contributed by atoms with Gasteiger partial charge in [-0.1, -0.05) is 43.3 Å². The molecule has 0 aliphatic carbocycles. The molecule has 0 atom stereocenters. The van der Waals surface area contributed by atoms with E-state index in [9.17, 15) is 4.79 Å². The van der Waals surface area contributed by atoms with Gasteiger partial charge in [-0.05, 0) is 54.8 Å². The number of carbonyl (C=O) groups excluding carboxylic acids is 1. The molecule has 0 aliphatic heterocycles. The minimum Gasteiger partial charge on any atom is -0.348 e. The molecule has 0 saturated carbocycles. The third-order valence-electron chi connectivity index (χ3n) is 6.01. The van der Waals surface area contributed by atoms with Gasteiger partial charge in [0.1, 0.15) is 0 Å².